The van der Waals surface area contributed by atoms with E-state index >= 15 is 0 Å². The summed E-state index contributed by atoms with van der Waals surface area (Å²) in [5.74, 6) is 3.44. The van der Waals surface area contributed by atoms with Gasteiger partial charge >= 0.3 is 0 Å². The number of hydrogen-bond donors (Lipinski definition) is 0. The number of fused-ring (bicyclic) bond motifs is 2. The summed E-state index contributed by atoms with van der Waals surface area (Å²) < 4.78 is 90.6. The van der Waals surface area contributed by atoms with Crippen molar-refractivity contribution in [1.29, 1.82) is 0 Å². The van der Waals surface area contributed by atoms with Crippen LogP contribution in [0.4, 0.5) is 4.39 Å². The Labute approximate surface area is 386 Å². The van der Waals surface area contributed by atoms with Crippen molar-refractivity contribution in [2.24, 2.45) is 0 Å². The lowest BCUT2D eigenvalue weighted by molar-refractivity contribution is 0.0245. The highest BCUT2D eigenvalue weighted by Gasteiger charge is 2.38. The molecule has 0 saturated heterocycles. The molecule has 0 fully saturated rings. The first-order valence-electron chi connectivity index (χ1n) is 21.2. The van der Waals surface area contributed by atoms with Gasteiger partial charge in [-0.05, 0) is 119 Å². The molecule has 5 aromatic carbocycles. The number of alkyl halides is 1. The summed E-state index contributed by atoms with van der Waals surface area (Å²) in [5, 5.41) is 0. The molecule has 0 spiro atoms. The number of benzene rings is 5. The van der Waals surface area contributed by atoms with E-state index in [1.54, 1.807) is 72.8 Å². The number of methoxy groups -OCH3 is 6. The van der Waals surface area contributed by atoms with Gasteiger partial charge in [-0.25, -0.2) is 4.39 Å². The maximum atomic E-state index is 14.6. The molecule has 0 amide bonds. The van der Waals surface area contributed by atoms with Crippen molar-refractivity contribution in [3.05, 3.63) is 124 Å². The second-order valence-corrected chi connectivity index (χ2v) is 18.8. The molecule has 13 nitrogen and oxygen atoms in total. The van der Waals surface area contributed by atoms with Gasteiger partial charge in [0.05, 0.1) is 47.6 Å². The van der Waals surface area contributed by atoms with Crippen molar-refractivity contribution in [3.8, 4) is 46.0 Å². The van der Waals surface area contributed by atoms with E-state index in [0.29, 0.717) is 79.4 Å². The van der Waals surface area contributed by atoms with Gasteiger partial charge in [0.1, 0.15) is 35.0 Å². The van der Waals surface area contributed by atoms with Crippen LogP contribution in [0.2, 0.25) is 0 Å². The van der Waals surface area contributed by atoms with Gasteiger partial charge in [0.25, 0.3) is 10.1 Å². The molecule has 0 bridgehead atoms. The van der Waals surface area contributed by atoms with Crippen LogP contribution in [0, 0.1) is 6.92 Å². The molecule has 5 aromatic rings. The first-order valence-corrected chi connectivity index (χ1v) is 22.6. The van der Waals surface area contributed by atoms with Crippen molar-refractivity contribution in [2.75, 3.05) is 42.7 Å². The Morgan fingerprint density at radius 1 is 0.591 bits per heavy atom. The molecule has 2 atom stereocenters. The highest BCUT2D eigenvalue weighted by molar-refractivity contribution is 7.86. The number of aryl methyl sites for hydroxylation is 1. The largest absolute Gasteiger partial charge is 0.493 e. The lowest BCUT2D eigenvalue weighted by atomic mass is 9.90. The number of rotatable bonds is 15. The zero-order valence-corrected chi connectivity index (χ0v) is 40.0. The van der Waals surface area contributed by atoms with E-state index < -0.39 is 33.6 Å². The Balaban J connectivity index is 0.000000229. The third kappa shape index (κ3) is 11.2. The molecule has 7 rings (SSSR count). The van der Waals surface area contributed by atoms with Gasteiger partial charge in [-0.1, -0.05) is 17.7 Å². The second-order valence-electron chi connectivity index (χ2n) is 17.2. The van der Waals surface area contributed by atoms with Gasteiger partial charge in [-0.3, -0.25) is 13.8 Å². The minimum absolute atomic E-state index is 0.0645. The second kappa shape index (κ2) is 20.0. The van der Waals surface area contributed by atoms with E-state index in [1.165, 1.54) is 54.8 Å². The summed E-state index contributed by atoms with van der Waals surface area (Å²) in [6, 6.07) is 23.4. The van der Waals surface area contributed by atoms with E-state index in [1.807, 2.05) is 34.6 Å². The van der Waals surface area contributed by atoms with Crippen molar-refractivity contribution in [1.82, 2.24) is 0 Å². The third-order valence-corrected chi connectivity index (χ3v) is 12.5. The van der Waals surface area contributed by atoms with Crippen LogP contribution < -0.4 is 37.9 Å². The summed E-state index contributed by atoms with van der Waals surface area (Å²) in [6.07, 6.45) is -1.25. The van der Waals surface area contributed by atoms with Gasteiger partial charge in [-0.2, -0.15) is 8.42 Å². The van der Waals surface area contributed by atoms with Crippen molar-refractivity contribution >= 4 is 21.7 Å². The quantitative estimate of drug-likeness (QED) is 0.0724. The third-order valence-electron chi connectivity index (χ3n) is 11.2. The van der Waals surface area contributed by atoms with Gasteiger partial charge in [0.2, 0.25) is 11.5 Å². The molecular formula is C51H57FO13S. The van der Waals surface area contributed by atoms with E-state index in [4.69, 9.17) is 42.1 Å². The molecule has 0 saturated carbocycles. The number of halogens is 1. The lowest BCUT2D eigenvalue weighted by Gasteiger charge is -2.37. The molecule has 0 N–H and O–H groups in total. The molecule has 352 valence electrons. The monoisotopic (exact) mass is 928 g/mol. The summed E-state index contributed by atoms with van der Waals surface area (Å²) in [4.78, 5) is 26.2. The Morgan fingerprint density at radius 2 is 1.00 bits per heavy atom. The van der Waals surface area contributed by atoms with Crippen molar-refractivity contribution in [3.63, 3.8) is 0 Å². The van der Waals surface area contributed by atoms with Crippen LogP contribution in [0.15, 0.2) is 89.8 Å². The molecule has 2 aliphatic heterocycles. The molecule has 15 heteroatoms. The van der Waals surface area contributed by atoms with Crippen molar-refractivity contribution < 1.29 is 64.5 Å². The molecule has 66 heavy (non-hydrogen) atoms. The highest BCUT2D eigenvalue weighted by atomic mass is 32.2. The first-order chi connectivity index (χ1) is 31.2. The maximum absolute atomic E-state index is 14.6. The number of carbonyl (C=O) groups excluding carboxylic acids is 2. The van der Waals surface area contributed by atoms with Crippen LogP contribution in [0.1, 0.15) is 101 Å². The van der Waals surface area contributed by atoms with Gasteiger partial charge in [0, 0.05) is 47.9 Å². The van der Waals surface area contributed by atoms with Crippen LogP contribution >= 0.6 is 0 Å². The Bertz CT molecular complexity index is 2640. The van der Waals surface area contributed by atoms with E-state index in [0.717, 1.165) is 5.56 Å². The first kappa shape index (κ1) is 49.1. The Kier molecular flexibility index (Phi) is 14.9. The summed E-state index contributed by atoms with van der Waals surface area (Å²) in [7, 11) is 5.05. The minimum atomic E-state index is -4.05. The average molecular weight is 929 g/mol. The smallest absolute Gasteiger partial charge is 0.297 e. The van der Waals surface area contributed by atoms with Crippen molar-refractivity contribution in [2.45, 2.75) is 88.7 Å². The molecular weight excluding hydrogens is 872 g/mol. The van der Waals surface area contributed by atoms with E-state index in [9.17, 15) is 22.4 Å². The molecule has 2 heterocycles. The van der Waals surface area contributed by atoms with Crippen LogP contribution in [0.3, 0.4) is 0 Å². The fourth-order valence-electron chi connectivity index (χ4n) is 7.95. The standard InChI is InChI=1S/C29H32O8S.C22H25FO5/c1-18-7-10-21(11-8-18)38(31,32)37-27-17-29(2,3)36-24-12-9-20(16-22(24)27)23(30)13-19-14-25(33-4)28(35-6)26(15-19)34-5;1-22(2)12-16(23)15-11-14(6-7-18(15)28-22)17(24)8-13-9-19(25-3)21(27-5)20(10-13)26-4/h7-12,14-16,27H,13,17H2,1-6H3;6-7,9-11,16H,8,12H2,1-5H3. The van der Waals surface area contributed by atoms with Gasteiger partial charge in [0.15, 0.2) is 34.6 Å². The number of Topliss-reactive ketones (excluding diaryl/α,β-unsaturated/α-hetero) is 2. The summed E-state index contributed by atoms with van der Waals surface area (Å²) in [5.41, 5.74) is 2.89. The molecule has 0 aromatic heterocycles. The average Bonchev–Trinajstić information content (AvgIpc) is 3.27. The van der Waals surface area contributed by atoms with Crippen LogP contribution in [-0.2, 0) is 27.1 Å². The SMILES string of the molecule is COc1cc(CC(=O)c2ccc3c(c2)C(F)CC(C)(C)O3)cc(OC)c1OC.COc1cc(CC(=O)c2ccc3c(c2)C(OS(=O)(=O)c2ccc(C)cc2)CC(C)(C)O3)cc(OC)c1OC. The number of ketones is 2. The molecule has 2 unspecified atom stereocenters. The van der Waals surface area contributed by atoms with Crippen LogP contribution in [0.5, 0.6) is 46.0 Å². The minimum Gasteiger partial charge on any atom is -0.493 e. The van der Waals surface area contributed by atoms with Crippen LogP contribution in [0.25, 0.3) is 0 Å². The maximum Gasteiger partial charge on any atom is 0.297 e. The van der Waals surface area contributed by atoms with Crippen LogP contribution in [-0.4, -0.2) is 73.8 Å². The fourth-order valence-corrected chi connectivity index (χ4v) is 9.01. The normalized spacial score (nSPS) is 16.7. The topological polar surface area (TPSA) is 151 Å². The predicted octanol–water partition coefficient (Wildman–Crippen LogP) is 10.2. The summed E-state index contributed by atoms with van der Waals surface area (Å²) in [6.45, 7) is 9.33. The number of hydrogen-bond acceptors (Lipinski definition) is 13. The number of carbonyl (C=O) groups is 2. The Morgan fingerprint density at radius 3 is 1.42 bits per heavy atom. The lowest BCUT2D eigenvalue weighted by Crippen LogP contribution is -2.36. The predicted molar refractivity (Wildman–Crippen MR) is 246 cm³/mol. The molecule has 2 aliphatic rings. The van der Waals surface area contributed by atoms with Gasteiger partial charge in [-0.15, -0.1) is 0 Å². The zero-order valence-electron chi connectivity index (χ0n) is 39.2. The van der Waals surface area contributed by atoms with Gasteiger partial charge < -0.3 is 37.9 Å². The molecule has 0 aliphatic carbocycles. The van der Waals surface area contributed by atoms with E-state index in [2.05, 4.69) is 0 Å². The highest BCUT2D eigenvalue weighted by Crippen LogP contribution is 2.45. The number of ether oxygens (including phenoxy) is 8. The summed E-state index contributed by atoms with van der Waals surface area (Å²) >= 11 is 0. The Hall–Kier alpha value is -6.32. The molecule has 0 radical (unpaired) electrons. The zero-order chi connectivity index (χ0) is 48.1. The van der Waals surface area contributed by atoms with E-state index in [-0.39, 0.29) is 42.1 Å². The fraction of sp³-hybridized carbons (Fsp3) is 0.373.